The molecule has 1 N–H and O–H groups in total. The number of aromatic nitrogens is 4. The van der Waals surface area contributed by atoms with Crippen molar-refractivity contribution in [1.82, 2.24) is 24.3 Å². The fourth-order valence-electron chi connectivity index (χ4n) is 4.28. The number of hydrogen-bond acceptors (Lipinski definition) is 7. The largest absolute Gasteiger partial charge is 0.436 e. The van der Waals surface area contributed by atoms with Crippen molar-refractivity contribution < 1.29 is 13.2 Å². The van der Waals surface area contributed by atoms with E-state index in [1.54, 1.807) is 37.4 Å². The second kappa shape index (κ2) is 8.30. The number of hydrogen-bond donors (Lipinski definition) is 1. The highest BCUT2D eigenvalue weighted by atomic mass is 35.5. The molecular formula is C22H17ClF3N7S. The topological polar surface area (TPSA) is 82.1 Å². The molecule has 5 rings (SSSR count). The number of alkyl halides is 3. The molecule has 0 unspecified atom stereocenters. The molecule has 4 heterocycles. The lowest BCUT2D eigenvalue weighted by atomic mass is 9.98. The molecule has 12 heteroatoms. The molecular weight excluding hydrogens is 487 g/mol. The quantitative estimate of drug-likeness (QED) is 0.398. The Morgan fingerprint density at radius 1 is 1.26 bits per heavy atom. The first-order chi connectivity index (χ1) is 16.2. The molecule has 3 aromatic heterocycles. The second-order valence-corrected chi connectivity index (χ2v) is 8.99. The van der Waals surface area contributed by atoms with Crippen LogP contribution in [0.5, 0.6) is 0 Å². The molecule has 1 aromatic carbocycles. The van der Waals surface area contributed by atoms with Crippen LogP contribution in [0.1, 0.15) is 17.0 Å². The van der Waals surface area contributed by atoms with Crippen molar-refractivity contribution in [3.8, 4) is 17.2 Å². The molecule has 0 atom stereocenters. The molecule has 1 aliphatic heterocycles. The third kappa shape index (κ3) is 3.62. The van der Waals surface area contributed by atoms with Crippen LogP contribution < -0.4 is 9.62 Å². The van der Waals surface area contributed by atoms with Crippen LogP contribution in [0, 0.1) is 18.3 Å². The summed E-state index contributed by atoms with van der Waals surface area (Å²) in [5.41, 5.74) is 0.554. The molecule has 0 radical (unpaired) electrons. The number of anilines is 1. The number of nitriles is 1. The molecule has 0 spiro atoms. The average molecular weight is 504 g/mol. The summed E-state index contributed by atoms with van der Waals surface area (Å²) in [6, 6.07) is 8.90. The predicted molar refractivity (Wildman–Crippen MR) is 126 cm³/mol. The number of pyridine rings is 1. The van der Waals surface area contributed by atoms with Gasteiger partial charge in [0.15, 0.2) is 11.3 Å². The first-order valence-electron chi connectivity index (χ1n) is 10.2. The van der Waals surface area contributed by atoms with Gasteiger partial charge in [-0.3, -0.25) is 9.71 Å². The van der Waals surface area contributed by atoms with Crippen LogP contribution >= 0.6 is 23.5 Å². The predicted octanol–water partition coefficient (Wildman–Crippen LogP) is 4.85. The van der Waals surface area contributed by atoms with E-state index in [4.69, 9.17) is 11.6 Å². The van der Waals surface area contributed by atoms with Crippen LogP contribution in [-0.4, -0.2) is 45.0 Å². The number of benzene rings is 1. The maximum atomic E-state index is 13.7. The minimum absolute atomic E-state index is 0.117. The van der Waals surface area contributed by atoms with Crippen LogP contribution in [-0.2, 0) is 6.18 Å². The lowest BCUT2D eigenvalue weighted by Gasteiger charge is -2.41. The molecule has 0 amide bonds. The van der Waals surface area contributed by atoms with Gasteiger partial charge in [-0.25, -0.2) is 4.98 Å². The molecule has 34 heavy (non-hydrogen) atoms. The van der Waals surface area contributed by atoms with Gasteiger partial charge in [-0.15, -0.1) is 0 Å². The zero-order valence-corrected chi connectivity index (χ0v) is 19.6. The third-order valence-corrected chi connectivity index (χ3v) is 6.54. The van der Waals surface area contributed by atoms with E-state index in [9.17, 15) is 18.4 Å². The van der Waals surface area contributed by atoms with Crippen molar-refractivity contribution in [1.29, 1.82) is 5.26 Å². The smallest absolute Gasteiger partial charge is 0.353 e. The zero-order chi connectivity index (χ0) is 24.2. The number of halogens is 4. The highest BCUT2D eigenvalue weighted by molar-refractivity contribution is 7.96. The van der Waals surface area contributed by atoms with Gasteiger partial charge >= 0.3 is 6.18 Å². The van der Waals surface area contributed by atoms with Crippen molar-refractivity contribution in [2.45, 2.75) is 19.1 Å². The lowest BCUT2D eigenvalue weighted by molar-refractivity contribution is -0.141. The Labute approximate surface area is 201 Å². The fourth-order valence-corrected chi connectivity index (χ4v) is 4.93. The van der Waals surface area contributed by atoms with Gasteiger partial charge in [0, 0.05) is 35.3 Å². The highest BCUT2D eigenvalue weighted by Gasteiger charge is 2.41. The van der Waals surface area contributed by atoms with Gasteiger partial charge in [-0.05, 0) is 36.9 Å². The van der Waals surface area contributed by atoms with Crippen molar-refractivity contribution in [2.75, 3.05) is 24.2 Å². The summed E-state index contributed by atoms with van der Waals surface area (Å²) in [6.07, 6.45) is -1.25. The monoisotopic (exact) mass is 503 g/mol. The summed E-state index contributed by atoms with van der Waals surface area (Å²) in [5.74, 6) is 0.455. The first-order valence-corrected chi connectivity index (χ1v) is 11.8. The van der Waals surface area contributed by atoms with Gasteiger partial charge in [0.25, 0.3) is 0 Å². The highest BCUT2D eigenvalue weighted by Crippen LogP contribution is 2.41. The third-order valence-electron chi connectivity index (χ3n) is 5.74. The van der Waals surface area contributed by atoms with E-state index in [0.717, 1.165) is 15.5 Å². The molecule has 1 saturated heterocycles. The SMILES string of the molecule is CSNC1CN(c2c(-c3ccnc4cc(Cl)ccc34)c(C)nc3c(C#N)c(C(F)(F)F)nn23)C1. The Kier molecular flexibility index (Phi) is 5.55. The van der Waals surface area contributed by atoms with Crippen LogP contribution in [0.4, 0.5) is 19.0 Å². The van der Waals surface area contributed by atoms with E-state index >= 15 is 0 Å². The van der Waals surface area contributed by atoms with E-state index in [2.05, 4.69) is 19.8 Å². The molecule has 1 aliphatic rings. The fraction of sp³-hybridized carbons (Fsp3) is 0.273. The van der Waals surface area contributed by atoms with E-state index < -0.39 is 17.4 Å². The standard InChI is InChI=1S/C22H17ClF3N7S/c1-11-18(15-5-6-28-17-7-12(23)3-4-14(15)17)21(32-9-13(10-32)31-34-2)33-20(29-11)16(8-27)19(30-33)22(24,25)26/h3-7,13,31H,9-10H2,1-2H3. The van der Waals surface area contributed by atoms with Gasteiger partial charge in [-0.2, -0.15) is 28.0 Å². The second-order valence-electron chi connectivity index (χ2n) is 7.91. The summed E-state index contributed by atoms with van der Waals surface area (Å²) < 4.78 is 45.6. The van der Waals surface area contributed by atoms with E-state index in [-0.39, 0.29) is 11.7 Å². The molecule has 174 valence electrons. The molecule has 0 saturated carbocycles. The minimum Gasteiger partial charge on any atom is -0.353 e. The molecule has 7 nitrogen and oxygen atoms in total. The Bertz CT molecular complexity index is 1470. The Hall–Kier alpha value is -3.07. The van der Waals surface area contributed by atoms with E-state index in [1.165, 1.54) is 11.9 Å². The maximum Gasteiger partial charge on any atom is 0.436 e. The van der Waals surface area contributed by atoms with Gasteiger partial charge in [0.05, 0.1) is 17.3 Å². The Balaban J connectivity index is 1.83. The van der Waals surface area contributed by atoms with Crippen molar-refractivity contribution in [3.63, 3.8) is 0 Å². The summed E-state index contributed by atoms with van der Waals surface area (Å²) in [7, 11) is 0. The maximum absolute atomic E-state index is 13.7. The van der Waals surface area contributed by atoms with Crippen LogP contribution in [0.3, 0.4) is 0 Å². The average Bonchev–Trinajstić information content (AvgIpc) is 3.13. The number of nitrogens with one attached hydrogen (secondary N) is 1. The Morgan fingerprint density at radius 2 is 2.03 bits per heavy atom. The van der Waals surface area contributed by atoms with Gasteiger partial charge < -0.3 is 4.90 Å². The van der Waals surface area contributed by atoms with Gasteiger partial charge in [-0.1, -0.05) is 29.6 Å². The van der Waals surface area contributed by atoms with Gasteiger partial charge in [0.1, 0.15) is 17.5 Å². The van der Waals surface area contributed by atoms with Crippen LogP contribution in [0.2, 0.25) is 5.02 Å². The van der Waals surface area contributed by atoms with Crippen molar-refractivity contribution >= 4 is 45.9 Å². The van der Waals surface area contributed by atoms with Gasteiger partial charge in [0.2, 0.25) is 0 Å². The first kappa shape index (κ1) is 22.7. The minimum atomic E-state index is -4.79. The summed E-state index contributed by atoms with van der Waals surface area (Å²) >= 11 is 7.63. The number of nitrogens with zero attached hydrogens (tertiary/aromatic N) is 6. The van der Waals surface area contributed by atoms with E-state index in [0.29, 0.717) is 40.7 Å². The van der Waals surface area contributed by atoms with E-state index in [1.807, 2.05) is 17.2 Å². The summed E-state index contributed by atoms with van der Waals surface area (Å²) in [5, 5.41) is 14.7. The van der Waals surface area contributed by atoms with Crippen molar-refractivity contribution in [3.05, 3.63) is 52.4 Å². The lowest BCUT2D eigenvalue weighted by Crippen LogP contribution is -2.57. The van der Waals surface area contributed by atoms with Crippen LogP contribution in [0.15, 0.2) is 30.5 Å². The van der Waals surface area contributed by atoms with Crippen LogP contribution in [0.25, 0.3) is 27.7 Å². The molecule has 0 bridgehead atoms. The number of aryl methyl sites for hydroxylation is 1. The molecule has 4 aromatic rings. The summed E-state index contributed by atoms with van der Waals surface area (Å²) in [6.45, 7) is 2.84. The number of fused-ring (bicyclic) bond motifs is 2. The molecule has 0 aliphatic carbocycles. The normalized spacial score (nSPS) is 14.6. The zero-order valence-electron chi connectivity index (χ0n) is 18.0. The molecule has 1 fully saturated rings. The van der Waals surface area contributed by atoms with Crippen molar-refractivity contribution in [2.24, 2.45) is 0 Å². The Morgan fingerprint density at radius 3 is 2.71 bits per heavy atom. The number of rotatable bonds is 4. The summed E-state index contributed by atoms with van der Waals surface area (Å²) in [4.78, 5) is 10.8.